The molecule has 0 aromatic heterocycles. The summed E-state index contributed by atoms with van der Waals surface area (Å²) in [6.07, 6.45) is 1.54. The molecule has 160 valence electrons. The fourth-order valence-electron chi connectivity index (χ4n) is 4.62. The second-order valence-electron chi connectivity index (χ2n) is 8.05. The first-order chi connectivity index (χ1) is 14.3. The molecule has 2 aliphatic rings. The number of piperidine rings is 1. The molecule has 2 saturated heterocycles. The lowest BCUT2D eigenvalue weighted by Crippen LogP contribution is -2.57. The Morgan fingerprint density at radius 3 is 2.53 bits per heavy atom. The molecule has 0 aliphatic carbocycles. The highest BCUT2D eigenvalue weighted by molar-refractivity contribution is 7.89. The normalized spacial score (nSPS) is 25.6. The van der Waals surface area contributed by atoms with E-state index in [1.807, 2.05) is 18.2 Å². The average Bonchev–Trinajstić information content (AvgIpc) is 3.23. The molecule has 30 heavy (non-hydrogen) atoms. The van der Waals surface area contributed by atoms with Gasteiger partial charge in [-0.3, -0.25) is 4.79 Å². The van der Waals surface area contributed by atoms with Crippen molar-refractivity contribution in [3.63, 3.8) is 0 Å². The number of amides is 1. The van der Waals surface area contributed by atoms with Gasteiger partial charge in [0.05, 0.1) is 16.8 Å². The molecule has 2 aliphatic heterocycles. The molecule has 10 heteroatoms. The SMILES string of the molecule is N[C@@H]1CN(S(=O)(=O)c2cccc3ccccc23)CC[C@H]1C(=O)N1CCC[C@H]1B(O)O. The van der Waals surface area contributed by atoms with Crippen LogP contribution in [0, 0.1) is 5.92 Å². The van der Waals surface area contributed by atoms with Gasteiger partial charge in [-0.25, -0.2) is 8.42 Å². The lowest BCUT2D eigenvalue weighted by molar-refractivity contribution is -0.137. The number of benzene rings is 2. The van der Waals surface area contributed by atoms with Crippen LogP contribution in [0.25, 0.3) is 10.8 Å². The van der Waals surface area contributed by atoms with Crippen LogP contribution in [-0.2, 0) is 14.8 Å². The Kier molecular flexibility index (Phi) is 5.87. The van der Waals surface area contributed by atoms with Gasteiger partial charge in [-0.2, -0.15) is 4.31 Å². The molecule has 0 saturated carbocycles. The van der Waals surface area contributed by atoms with E-state index < -0.39 is 35.0 Å². The van der Waals surface area contributed by atoms with Crippen molar-refractivity contribution >= 4 is 33.8 Å². The highest BCUT2D eigenvalue weighted by Crippen LogP contribution is 2.30. The van der Waals surface area contributed by atoms with Gasteiger partial charge in [0, 0.05) is 31.1 Å². The van der Waals surface area contributed by atoms with E-state index in [1.165, 1.54) is 9.21 Å². The molecule has 0 radical (unpaired) electrons. The maximum atomic E-state index is 13.3. The molecule has 2 fully saturated rings. The first kappa shape index (κ1) is 21.3. The van der Waals surface area contributed by atoms with Gasteiger partial charge in [0.1, 0.15) is 0 Å². The van der Waals surface area contributed by atoms with Crippen LogP contribution >= 0.6 is 0 Å². The zero-order valence-electron chi connectivity index (χ0n) is 16.6. The maximum absolute atomic E-state index is 13.3. The highest BCUT2D eigenvalue weighted by atomic mass is 32.2. The van der Waals surface area contributed by atoms with Crippen molar-refractivity contribution in [3.05, 3.63) is 42.5 Å². The molecule has 0 unspecified atom stereocenters. The van der Waals surface area contributed by atoms with Crippen LogP contribution < -0.4 is 5.73 Å². The van der Waals surface area contributed by atoms with Crippen molar-refractivity contribution in [2.45, 2.75) is 36.1 Å². The molecule has 0 spiro atoms. The predicted octanol–water partition coefficient (Wildman–Crippen LogP) is 0.181. The summed E-state index contributed by atoms with van der Waals surface area (Å²) in [5.41, 5.74) is 6.27. The fourth-order valence-corrected chi connectivity index (χ4v) is 6.33. The quantitative estimate of drug-likeness (QED) is 0.594. The van der Waals surface area contributed by atoms with E-state index in [2.05, 4.69) is 0 Å². The summed E-state index contributed by atoms with van der Waals surface area (Å²) < 4.78 is 28.0. The van der Waals surface area contributed by atoms with Crippen molar-refractivity contribution in [1.82, 2.24) is 9.21 Å². The number of sulfonamides is 1. The monoisotopic (exact) mass is 431 g/mol. The number of rotatable bonds is 4. The Bertz CT molecular complexity index is 1040. The van der Waals surface area contributed by atoms with Gasteiger partial charge in [-0.1, -0.05) is 36.4 Å². The molecule has 0 bridgehead atoms. The molecule has 3 atom stereocenters. The first-order valence-electron chi connectivity index (χ1n) is 10.2. The van der Waals surface area contributed by atoms with Crippen molar-refractivity contribution in [1.29, 1.82) is 0 Å². The summed E-state index contributed by atoms with van der Waals surface area (Å²) in [6, 6.07) is 11.8. The van der Waals surface area contributed by atoms with Crippen LogP contribution in [-0.4, -0.2) is 72.3 Å². The topological polar surface area (TPSA) is 124 Å². The number of hydrogen-bond acceptors (Lipinski definition) is 6. The Morgan fingerprint density at radius 2 is 1.80 bits per heavy atom. The summed E-state index contributed by atoms with van der Waals surface area (Å²) in [5, 5.41) is 20.6. The second-order valence-corrected chi connectivity index (χ2v) is 9.96. The fraction of sp³-hybridized carbons (Fsp3) is 0.450. The Hall–Kier alpha value is -1.98. The Morgan fingerprint density at radius 1 is 1.07 bits per heavy atom. The zero-order valence-corrected chi connectivity index (χ0v) is 17.4. The molecule has 4 rings (SSSR count). The van der Waals surface area contributed by atoms with E-state index >= 15 is 0 Å². The summed E-state index contributed by atoms with van der Waals surface area (Å²) in [6.45, 7) is 0.695. The van der Waals surface area contributed by atoms with E-state index in [0.717, 1.165) is 5.39 Å². The predicted molar refractivity (Wildman–Crippen MR) is 114 cm³/mol. The number of carbonyl (C=O) groups is 1. The number of fused-ring (bicyclic) bond motifs is 1. The molecule has 2 heterocycles. The highest BCUT2D eigenvalue weighted by Gasteiger charge is 2.43. The zero-order chi connectivity index (χ0) is 21.5. The minimum Gasteiger partial charge on any atom is -0.426 e. The Labute approximate surface area is 176 Å². The third-order valence-electron chi connectivity index (χ3n) is 6.23. The minimum atomic E-state index is -3.77. The van der Waals surface area contributed by atoms with Crippen LogP contribution in [0.3, 0.4) is 0 Å². The molecule has 2 aromatic carbocycles. The van der Waals surface area contributed by atoms with E-state index in [1.54, 1.807) is 24.3 Å². The van der Waals surface area contributed by atoms with Gasteiger partial charge in [0.25, 0.3) is 0 Å². The van der Waals surface area contributed by atoms with E-state index in [-0.39, 0.29) is 23.9 Å². The molecule has 1 amide bonds. The standard InChI is InChI=1S/C20H26BN3O5S/c22-17-13-23(12-10-16(17)20(25)24-11-4-9-19(24)21(26)27)30(28,29)18-8-3-6-14-5-1-2-7-15(14)18/h1-3,5-8,16-17,19,26-27H,4,9-13,22H2/t16-,17-,19+/m1/s1. The number of nitrogens with zero attached hydrogens (tertiary/aromatic N) is 2. The van der Waals surface area contributed by atoms with Gasteiger partial charge in [-0.05, 0) is 30.7 Å². The number of carbonyl (C=O) groups excluding carboxylic acids is 1. The van der Waals surface area contributed by atoms with Crippen LogP contribution in [0.5, 0.6) is 0 Å². The first-order valence-corrected chi connectivity index (χ1v) is 11.6. The van der Waals surface area contributed by atoms with Gasteiger partial charge in [-0.15, -0.1) is 0 Å². The lowest BCUT2D eigenvalue weighted by Gasteiger charge is -2.38. The summed E-state index contributed by atoms with van der Waals surface area (Å²) >= 11 is 0. The second kappa shape index (κ2) is 8.28. The Balaban J connectivity index is 1.53. The summed E-state index contributed by atoms with van der Waals surface area (Å²) in [4.78, 5) is 14.7. The van der Waals surface area contributed by atoms with Gasteiger partial charge >= 0.3 is 7.12 Å². The summed E-state index contributed by atoms with van der Waals surface area (Å²) in [5.74, 6) is -1.38. The van der Waals surface area contributed by atoms with Crippen LogP contribution in [0.15, 0.2) is 47.4 Å². The van der Waals surface area contributed by atoms with Crippen LogP contribution in [0.2, 0.25) is 0 Å². The summed E-state index contributed by atoms with van der Waals surface area (Å²) in [7, 11) is -5.35. The van der Waals surface area contributed by atoms with Gasteiger partial charge < -0.3 is 20.7 Å². The molecule has 4 N–H and O–H groups in total. The lowest BCUT2D eigenvalue weighted by atomic mass is 9.77. The maximum Gasteiger partial charge on any atom is 0.475 e. The van der Waals surface area contributed by atoms with Crippen molar-refractivity contribution in [2.24, 2.45) is 11.7 Å². The van der Waals surface area contributed by atoms with Crippen molar-refractivity contribution < 1.29 is 23.3 Å². The smallest absolute Gasteiger partial charge is 0.426 e. The number of hydrogen-bond donors (Lipinski definition) is 3. The van der Waals surface area contributed by atoms with Crippen molar-refractivity contribution in [3.8, 4) is 0 Å². The van der Waals surface area contributed by atoms with Gasteiger partial charge in [0.15, 0.2) is 0 Å². The molecular weight excluding hydrogens is 405 g/mol. The van der Waals surface area contributed by atoms with Crippen LogP contribution in [0.1, 0.15) is 19.3 Å². The molecule has 2 aromatic rings. The third-order valence-corrected chi connectivity index (χ3v) is 8.16. The number of nitrogens with two attached hydrogens (primary N) is 1. The van der Waals surface area contributed by atoms with E-state index in [4.69, 9.17) is 5.73 Å². The van der Waals surface area contributed by atoms with Crippen molar-refractivity contribution in [2.75, 3.05) is 19.6 Å². The average molecular weight is 431 g/mol. The third kappa shape index (κ3) is 3.74. The molecular formula is C20H26BN3O5S. The van der Waals surface area contributed by atoms with E-state index in [9.17, 15) is 23.3 Å². The minimum absolute atomic E-state index is 0.0438. The number of likely N-dealkylation sites (tertiary alicyclic amines) is 1. The van der Waals surface area contributed by atoms with Gasteiger partial charge in [0.2, 0.25) is 15.9 Å². The van der Waals surface area contributed by atoms with E-state index in [0.29, 0.717) is 31.2 Å². The van der Waals surface area contributed by atoms with Crippen LogP contribution in [0.4, 0.5) is 0 Å². The molecule has 8 nitrogen and oxygen atoms in total. The largest absolute Gasteiger partial charge is 0.475 e.